The standard InChI is InChI=1S/C22H20FN3O4S/c1-11(2)10-26-20-18(19(27)25(3)22(26)30)17(21(28)29)16(31-20)8-13-12-6-4-5-7-15(12)24-9-14(13)23/h4-7,9,11H,8,10H2,1-3H3,(H,28,29). The molecule has 4 rings (SSSR count). The first-order chi connectivity index (χ1) is 14.7. The molecule has 3 aromatic heterocycles. The normalized spacial score (nSPS) is 11.6. The first-order valence-electron chi connectivity index (χ1n) is 9.71. The van der Waals surface area contributed by atoms with E-state index in [9.17, 15) is 23.9 Å². The van der Waals surface area contributed by atoms with Crippen LogP contribution in [0.5, 0.6) is 0 Å². The van der Waals surface area contributed by atoms with E-state index < -0.39 is 23.0 Å². The van der Waals surface area contributed by atoms with Crippen molar-refractivity contribution in [3.05, 3.63) is 73.1 Å². The quantitative estimate of drug-likeness (QED) is 0.512. The fourth-order valence-electron chi connectivity index (χ4n) is 3.77. The third-order valence-corrected chi connectivity index (χ3v) is 6.39. The zero-order valence-corrected chi connectivity index (χ0v) is 18.0. The number of thiophene rings is 1. The van der Waals surface area contributed by atoms with Gasteiger partial charge in [-0.1, -0.05) is 32.0 Å². The Kier molecular flexibility index (Phi) is 5.22. The number of carbonyl (C=O) groups is 1. The van der Waals surface area contributed by atoms with Gasteiger partial charge in [-0.25, -0.2) is 14.0 Å². The highest BCUT2D eigenvalue weighted by atomic mass is 32.1. The van der Waals surface area contributed by atoms with Crippen LogP contribution in [0.25, 0.3) is 21.1 Å². The fraction of sp³-hybridized carbons (Fsp3) is 0.273. The van der Waals surface area contributed by atoms with Gasteiger partial charge in [0.2, 0.25) is 0 Å². The van der Waals surface area contributed by atoms with Crippen molar-refractivity contribution in [1.82, 2.24) is 14.1 Å². The number of rotatable bonds is 5. The first kappa shape index (κ1) is 20.9. The molecule has 0 aliphatic carbocycles. The van der Waals surface area contributed by atoms with Crippen LogP contribution in [0.1, 0.15) is 34.6 Å². The summed E-state index contributed by atoms with van der Waals surface area (Å²) in [6.07, 6.45) is 1.08. The number of pyridine rings is 1. The molecule has 9 heteroatoms. The average Bonchev–Trinajstić information content (AvgIpc) is 3.11. The van der Waals surface area contributed by atoms with Gasteiger partial charge in [-0.05, 0) is 12.0 Å². The maximum atomic E-state index is 14.7. The van der Waals surface area contributed by atoms with Crippen molar-refractivity contribution in [3.63, 3.8) is 0 Å². The van der Waals surface area contributed by atoms with Gasteiger partial charge in [0.15, 0.2) is 0 Å². The number of aromatic carboxylic acids is 1. The van der Waals surface area contributed by atoms with Gasteiger partial charge in [-0.15, -0.1) is 11.3 Å². The highest BCUT2D eigenvalue weighted by Gasteiger charge is 2.26. The molecule has 0 fully saturated rings. The number of halogens is 1. The lowest BCUT2D eigenvalue weighted by molar-refractivity contribution is 0.0698. The summed E-state index contributed by atoms with van der Waals surface area (Å²) in [7, 11) is 1.33. The Bertz CT molecular complexity index is 1470. The molecule has 1 N–H and O–H groups in total. The van der Waals surface area contributed by atoms with Gasteiger partial charge < -0.3 is 5.11 Å². The number of para-hydroxylation sites is 1. The molecule has 0 amide bonds. The molecule has 0 unspecified atom stereocenters. The molecule has 0 atom stereocenters. The summed E-state index contributed by atoms with van der Waals surface area (Å²) in [5.41, 5.74) is -0.464. The maximum absolute atomic E-state index is 14.7. The lowest BCUT2D eigenvalue weighted by atomic mass is 10.0. The van der Waals surface area contributed by atoms with E-state index in [2.05, 4.69) is 4.98 Å². The summed E-state index contributed by atoms with van der Waals surface area (Å²) in [5.74, 6) is -1.74. The van der Waals surface area contributed by atoms with E-state index in [0.29, 0.717) is 32.7 Å². The summed E-state index contributed by atoms with van der Waals surface area (Å²) >= 11 is 1.05. The van der Waals surface area contributed by atoms with Gasteiger partial charge >= 0.3 is 11.7 Å². The molecule has 31 heavy (non-hydrogen) atoms. The molecular weight excluding hydrogens is 421 g/mol. The molecule has 1 aromatic carbocycles. The van der Waals surface area contributed by atoms with Crippen molar-refractivity contribution in [2.24, 2.45) is 13.0 Å². The molecule has 3 heterocycles. The smallest absolute Gasteiger partial charge is 0.337 e. The highest BCUT2D eigenvalue weighted by molar-refractivity contribution is 7.19. The molecule has 0 saturated heterocycles. The van der Waals surface area contributed by atoms with E-state index in [1.54, 1.807) is 24.3 Å². The van der Waals surface area contributed by atoms with E-state index in [4.69, 9.17) is 0 Å². The lowest BCUT2D eigenvalue weighted by Gasteiger charge is -2.11. The van der Waals surface area contributed by atoms with E-state index >= 15 is 0 Å². The Morgan fingerprint density at radius 1 is 1.26 bits per heavy atom. The molecular formula is C22H20FN3O4S. The Balaban J connectivity index is 2.05. The van der Waals surface area contributed by atoms with Crippen LogP contribution in [0.4, 0.5) is 4.39 Å². The molecule has 4 aromatic rings. The molecule has 0 aliphatic rings. The molecule has 0 radical (unpaired) electrons. The van der Waals surface area contributed by atoms with Crippen molar-refractivity contribution in [3.8, 4) is 0 Å². The SMILES string of the molecule is CC(C)Cn1c(=O)n(C)c(=O)c2c(C(=O)O)c(Cc3c(F)cnc4ccccc34)sc21. The summed E-state index contributed by atoms with van der Waals surface area (Å²) in [6, 6.07) is 7.01. The number of hydrogen-bond donors (Lipinski definition) is 1. The summed E-state index contributed by atoms with van der Waals surface area (Å²) in [4.78, 5) is 42.5. The third kappa shape index (κ3) is 3.44. The van der Waals surface area contributed by atoms with Crippen LogP contribution >= 0.6 is 11.3 Å². The molecule has 0 spiro atoms. The van der Waals surface area contributed by atoms with Gasteiger partial charge in [0, 0.05) is 35.8 Å². The second kappa shape index (κ2) is 7.73. The van der Waals surface area contributed by atoms with Gasteiger partial charge in [0.1, 0.15) is 10.6 Å². The maximum Gasteiger partial charge on any atom is 0.337 e. The topological polar surface area (TPSA) is 94.2 Å². The van der Waals surface area contributed by atoms with Crippen LogP contribution in [-0.2, 0) is 20.0 Å². The van der Waals surface area contributed by atoms with Gasteiger partial charge in [-0.2, -0.15) is 0 Å². The minimum absolute atomic E-state index is 0.0194. The van der Waals surface area contributed by atoms with Crippen molar-refractivity contribution in [2.75, 3.05) is 0 Å². The van der Waals surface area contributed by atoms with E-state index in [-0.39, 0.29) is 23.3 Å². The second-order valence-corrected chi connectivity index (χ2v) is 8.90. The van der Waals surface area contributed by atoms with E-state index in [1.807, 2.05) is 13.8 Å². The van der Waals surface area contributed by atoms with Crippen LogP contribution in [0.3, 0.4) is 0 Å². The first-order valence-corrected chi connectivity index (χ1v) is 10.5. The van der Waals surface area contributed by atoms with Gasteiger partial charge in [0.25, 0.3) is 5.56 Å². The molecule has 7 nitrogen and oxygen atoms in total. The lowest BCUT2D eigenvalue weighted by Crippen LogP contribution is -2.38. The molecule has 160 valence electrons. The minimum atomic E-state index is -1.29. The third-order valence-electron chi connectivity index (χ3n) is 5.18. The number of aromatic nitrogens is 3. The minimum Gasteiger partial charge on any atom is -0.478 e. The Hall–Kier alpha value is -3.33. The van der Waals surface area contributed by atoms with Crippen molar-refractivity contribution >= 4 is 38.4 Å². The van der Waals surface area contributed by atoms with E-state index in [1.165, 1.54) is 11.6 Å². The van der Waals surface area contributed by atoms with Crippen LogP contribution in [0.2, 0.25) is 0 Å². The number of fused-ring (bicyclic) bond motifs is 2. The monoisotopic (exact) mass is 441 g/mol. The van der Waals surface area contributed by atoms with Crippen molar-refractivity contribution in [2.45, 2.75) is 26.8 Å². The zero-order valence-electron chi connectivity index (χ0n) is 17.2. The summed E-state index contributed by atoms with van der Waals surface area (Å²) in [5, 5.41) is 10.5. The van der Waals surface area contributed by atoms with Crippen LogP contribution in [0.15, 0.2) is 40.1 Å². The number of nitrogens with zero attached hydrogens (tertiary/aromatic N) is 3. The van der Waals surface area contributed by atoms with E-state index in [0.717, 1.165) is 22.1 Å². The largest absolute Gasteiger partial charge is 0.478 e. The predicted molar refractivity (Wildman–Crippen MR) is 118 cm³/mol. The molecule has 0 aliphatic heterocycles. The molecule has 0 saturated carbocycles. The summed E-state index contributed by atoms with van der Waals surface area (Å²) in [6.45, 7) is 4.18. The highest BCUT2D eigenvalue weighted by Crippen LogP contribution is 2.33. The van der Waals surface area contributed by atoms with Crippen LogP contribution in [-0.4, -0.2) is 25.2 Å². The van der Waals surface area contributed by atoms with Crippen LogP contribution < -0.4 is 11.2 Å². The Morgan fingerprint density at radius 2 is 1.97 bits per heavy atom. The number of carboxylic acids is 1. The Labute approximate surface area is 180 Å². The fourth-order valence-corrected chi connectivity index (χ4v) is 5.06. The van der Waals surface area contributed by atoms with Crippen molar-refractivity contribution in [1.29, 1.82) is 0 Å². The molecule has 0 bridgehead atoms. The van der Waals surface area contributed by atoms with Crippen molar-refractivity contribution < 1.29 is 14.3 Å². The van der Waals surface area contributed by atoms with Gasteiger partial charge in [0.05, 0.1) is 22.7 Å². The number of hydrogen-bond acceptors (Lipinski definition) is 5. The second-order valence-electron chi connectivity index (χ2n) is 7.82. The van der Waals surface area contributed by atoms with Gasteiger partial charge in [-0.3, -0.25) is 18.9 Å². The number of benzene rings is 1. The summed E-state index contributed by atoms with van der Waals surface area (Å²) < 4.78 is 17.1. The number of carboxylic acid groups (broad SMARTS) is 1. The Morgan fingerprint density at radius 3 is 2.65 bits per heavy atom. The zero-order chi connectivity index (χ0) is 22.4. The average molecular weight is 441 g/mol. The predicted octanol–water partition coefficient (Wildman–Crippen LogP) is 3.39. The van der Waals surface area contributed by atoms with Crippen LogP contribution in [0, 0.1) is 11.7 Å².